The van der Waals surface area contributed by atoms with Gasteiger partial charge in [0, 0.05) is 17.0 Å². The maximum atomic E-state index is 11.4. The van der Waals surface area contributed by atoms with Crippen molar-refractivity contribution in [2.45, 2.75) is 0 Å². The summed E-state index contributed by atoms with van der Waals surface area (Å²) in [6.45, 7) is 0. The Bertz CT molecular complexity index is 741. The van der Waals surface area contributed by atoms with E-state index in [4.69, 9.17) is 4.74 Å². The summed E-state index contributed by atoms with van der Waals surface area (Å²) in [4.78, 5) is 19.6. The molecule has 0 unspecified atom stereocenters. The summed E-state index contributed by atoms with van der Waals surface area (Å²) < 4.78 is 5.48. The van der Waals surface area contributed by atoms with Crippen molar-refractivity contribution in [3.8, 4) is 10.9 Å². The Balaban J connectivity index is 2.18. The van der Waals surface area contributed by atoms with E-state index >= 15 is 0 Å². The Morgan fingerprint density at radius 1 is 1.26 bits per heavy atom. The lowest BCUT2D eigenvalue weighted by Gasteiger charge is -2.08. The molecule has 19 heavy (non-hydrogen) atoms. The predicted octanol–water partition coefficient (Wildman–Crippen LogP) is 3.18. The standard InChI is InChI=1S/C13H8N2O3S/c16-12(17)11-8-3-1-2-4-9(8)15-7-10(11)18-13-14-5-6-19-13/h1-7H,(H,16,17). The third-order valence-corrected chi connectivity index (χ3v) is 3.21. The summed E-state index contributed by atoms with van der Waals surface area (Å²) in [5, 5.41) is 12.1. The van der Waals surface area contributed by atoms with Crippen LogP contribution in [0.3, 0.4) is 0 Å². The van der Waals surface area contributed by atoms with Crippen LogP contribution in [0.1, 0.15) is 10.4 Å². The first-order valence-corrected chi connectivity index (χ1v) is 6.32. The van der Waals surface area contributed by atoms with E-state index in [1.165, 1.54) is 17.5 Å². The topological polar surface area (TPSA) is 72.3 Å². The second-order valence-electron chi connectivity index (χ2n) is 3.72. The fourth-order valence-corrected chi connectivity index (χ4v) is 2.27. The van der Waals surface area contributed by atoms with E-state index < -0.39 is 5.97 Å². The van der Waals surface area contributed by atoms with E-state index in [2.05, 4.69) is 9.97 Å². The van der Waals surface area contributed by atoms with Gasteiger partial charge in [-0.2, -0.15) is 0 Å². The van der Waals surface area contributed by atoms with Gasteiger partial charge in [0.2, 0.25) is 0 Å². The summed E-state index contributed by atoms with van der Waals surface area (Å²) in [6.07, 6.45) is 3.00. The molecule has 0 spiro atoms. The Morgan fingerprint density at radius 3 is 2.84 bits per heavy atom. The highest BCUT2D eigenvalue weighted by molar-refractivity contribution is 7.11. The zero-order valence-corrected chi connectivity index (χ0v) is 10.4. The van der Waals surface area contributed by atoms with Crippen molar-refractivity contribution in [3.05, 3.63) is 47.6 Å². The molecule has 0 atom stereocenters. The summed E-state index contributed by atoms with van der Waals surface area (Å²) in [5.74, 6) is -0.855. The van der Waals surface area contributed by atoms with E-state index in [1.54, 1.807) is 29.8 Å². The van der Waals surface area contributed by atoms with E-state index in [0.717, 1.165) is 0 Å². The Hall–Kier alpha value is -2.47. The first-order valence-electron chi connectivity index (χ1n) is 5.44. The number of ether oxygens (including phenoxy) is 1. The van der Waals surface area contributed by atoms with E-state index in [0.29, 0.717) is 16.1 Å². The first-order chi connectivity index (χ1) is 9.25. The smallest absolute Gasteiger partial charge is 0.340 e. The lowest BCUT2D eigenvalue weighted by molar-refractivity contribution is 0.0696. The van der Waals surface area contributed by atoms with E-state index in [9.17, 15) is 9.90 Å². The quantitative estimate of drug-likeness (QED) is 0.792. The van der Waals surface area contributed by atoms with Crippen molar-refractivity contribution in [1.82, 2.24) is 9.97 Å². The molecule has 3 aromatic rings. The molecule has 94 valence electrons. The number of carboxylic acid groups (broad SMARTS) is 1. The average Bonchev–Trinajstić information content (AvgIpc) is 2.91. The number of hydrogen-bond acceptors (Lipinski definition) is 5. The molecule has 6 heteroatoms. The van der Waals surface area contributed by atoms with Crippen molar-refractivity contribution in [1.29, 1.82) is 0 Å². The fraction of sp³-hybridized carbons (Fsp3) is 0. The number of rotatable bonds is 3. The largest absolute Gasteiger partial charge is 0.478 e. The van der Waals surface area contributed by atoms with Crippen molar-refractivity contribution in [3.63, 3.8) is 0 Å². The number of aromatic carboxylic acids is 1. The molecular formula is C13H8N2O3S. The molecule has 0 aliphatic heterocycles. The number of para-hydroxylation sites is 1. The monoisotopic (exact) mass is 272 g/mol. The van der Waals surface area contributed by atoms with Crippen LogP contribution < -0.4 is 4.74 Å². The van der Waals surface area contributed by atoms with Gasteiger partial charge in [-0.15, -0.1) is 0 Å². The molecule has 1 N–H and O–H groups in total. The molecule has 2 heterocycles. The SMILES string of the molecule is O=C(O)c1c(Oc2nccs2)cnc2ccccc12. The molecule has 0 saturated heterocycles. The average molecular weight is 272 g/mol. The maximum Gasteiger partial charge on any atom is 0.340 e. The number of fused-ring (bicyclic) bond motifs is 1. The minimum atomic E-state index is -1.05. The third kappa shape index (κ3) is 2.13. The molecule has 2 aromatic heterocycles. The third-order valence-electron chi connectivity index (χ3n) is 2.56. The minimum absolute atomic E-state index is 0.0980. The normalized spacial score (nSPS) is 10.5. The number of thiazole rings is 1. The van der Waals surface area contributed by atoms with E-state index in [1.807, 2.05) is 6.07 Å². The zero-order valence-electron chi connectivity index (χ0n) is 9.61. The van der Waals surface area contributed by atoms with Gasteiger partial charge in [0.05, 0.1) is 11.7 Å². The van der Waals surface area contributed by atoms with E-state index in [-0.39, 0.29) is 11.3 Å². The van der Waals surface area contributed by atoms with Gasteiger partial charge in [-0.25, -0.2) is 9.78 Å². The Labute approximate surface area is 112 Å². The van der Waals surface area contributed by atoms with Gasteiger partial charge < -0.3 is 9.84 Å². The van der Waals surface area contributed by atoms with Crippen LogP contribution >= 0.6 is 11.3 Å². The highest BCUT2D eigenvalue weighted by atomic mass is 32.1. The number of hydrogen-bond donors (Lipinski definition) is 1. The van der Waals surface area contributed by atoms with Crippen LogP contribution in [0.2, 0.25) is 0 Å². The molecule has 0 saturated carbocycles. The number of aromatic nitrogens is 2. The van der Waals surface area contributed by atoms with Gasteiger partial charge >= 0.3 is 5.97 Å². The van der Waals surface area contributed by atoms with Crippen LogP contribution in [0.4, 0.5) is 0 Å². The first kappa shape index (κ1) is 11.6. The lowest BCUT2D eigenvalue weighted by Crippen LogP contribution is -2.02. The lowest BCUT2D eigenvalue weighted by atomic mass is 10.1. The Morgan fingerprint density at radius 2 is 2.11 bits per heavy atom. The van der Waals surface area contributed by atoms with Crippen LogP contribution in [-0.4, -0.2) is 21.0 Å². The van der Waals surface area contributed by atoms with Crippen molar-refractivity contribution < 1.29 is 14.6 Å². The van der Waals surface area contributed by atoms with Gasteiger partial charge in [0.25, 0.3) is 5.19 Å². The molecule has 0 bridgehead atoms. The van der Waals surface area contributed by atoms with Crippen molar-refractivity contribution in [2.24, 2.45) is 0 Å². The number of nitrogens with zero attached hydrogens (tertiary/aromatic N) is 2. The minimum Gasteiger partial charge on any atom is -0.478 e. The van der Waals surface area contributed by atoms with Crippen LogP contribution in [0.15, 0.2) is 42.0 Å². The number of benzene rings is 1. The van der Waals surface area contributed by atoms with Gasteiger partial charge in [-0.3, -0.25) is 4.98 Å². The van der Waals surface area contributed by atoms with Gasteiger partial charge in [0.1, 0.15) is 5.56 Å². The molecule has 0 fully saturated rings. The Kier molecular flexibility index (Phi) is 2.85. The summed E-state index contributed by atoms with van der Waals surface area (Å²) in [6, 6.07) is 7.04. The molecule has 0 aliphatic carbocycles. The van der Waals surface area contributed by atoms with Gasteiger partial charge in [-0.05, 0) is 6.07 Å². The maximum absolute atomic E-state index is 11.4. The molecule has 0 amide bonds. The molecule has 0 radical (unpaired) electrons. The van der Waals surface area contributed by atoms with Gasteiger partial charge in [0.15, 0.2) is 5.75 Å². The second kappa shape index (κ2) is 4.66. The highest BCUT2D eigenvalue weighted by Crippen LogP contribution is 2.30. The molecule has 5 nitrogen and oxygen atoms in total. The molecule has 0 aliphatic rings. The number of carbonyl (C=O) groups is 1. The van der Waals surface area contributed by atoms with Crippen LogP contribution in [0.25, 0.3) is 10.9 Å². The molecule has 1 aromatic carbocycles. The van der Waals surface area contributed by atoms with Crippen molar-refractivity contribution in [2.75, 3.05) is 0 Å². The fourth-order valence-electron chi connectivity index (χ4n) is 1.78. The number of carboxylic acids is 1. The van der Waals surface area contributed by atoms with Crippen LogP contribution in [-0.2, 0) is 0 Å². The van der Waals surface area contributed by atoms with Gasteiger partial charge in [-0.1, -0.05) is 29.5 Å². The zero-order chi connectivity index (χ0) is 13.2. The molecular weight excluding hydrogens is 264 g/mol. The molecule has 3 rings (SSSR count). The predicted molar refractivity (Wildman–Crippen MR) is 70.9 cm³/mol. The number of pyridine rings is 1. The summed E-state index contributed by atoms with van der Waals surface area (Å²) in [5.41, 5.74) is 0.715. The van der Waals surface area contributed by atoms with Crippen LogP contribution in [0.5, 0.6) is 10.9 Å². The summed E-state index contributed by atoms with van der Waals surface area (Å²) in [7, 11) is 0. The highest BCUT2D eigenvalue weighted by Gasteiger charge is 2.17. The second-order valence-corrected chi connectivity index (χ2v) is 4.58. The van der Waals surface area contributed by atoms with Crippen LogP contribution in [0, 0.1) is 0 Å². The van der Waals surface area contributed by atoms with Crippen molar-refractivity contribution >= 4 is 28.2 Å². The summed E-state index contributed by atoms with van der Waals surface area (Å²) >= 11 is 1.29.